The van der Waals surface area contributed by atoms with Gasteiger partial charge in [0.15, 0.2) is 0 Å². The molecule has 0 saturated heterocycles. The summed E-state index contributed by atoms with van der Waals surface area (Å²) in [4.78, 5) is 0. The van der Waals surface area contributed by atoms with E-state index < -0.39 is 0 Å². The molecule has 1 heterocycles. The molecular weight excluding hydrogens is 277 g/mol. The van der Waals surface area contributed by atoms with Crippen molar-refractivity contribution in [2.45, 2.75) is 6.04 Å². The summed E-state index contributed by atoms with van der Waals surface area (Å²) in [6.07, 6.45) is 0. The standard InChI is InChI=1S/C16H13ClFNO/c1-19-16(10-2-5-13(18)6-3-10)15-9-11-8-12(17)4-7-14(11)20-15/h2-9,16,19H,1H3. The van der Waals surface area contributed by atoms with Crippen molar-refractivity contribution in [3.63, 3.8) is 0 Å². The van der Waals surface area contributed by atoms with Gasteiger partial charge in [0.05, 0.1) is 6.04 Å². The number of benzene rings is 2. The van der Waals surface area contributed by atoms with E-state index in [1.807, 2.05) is 25.2 Å². The van der Waals surface area contributed by atoms with E-state index in [9.17, 15) is 4.39 Å². The smallest absolute Gasteiger partial charge is 0.134 e. The number of halogens is 2. The van der Waals surface area contributed by atoms with Crippen molar-refractivity contribution in [3.05, 3.63) is 70.7 Å². The normalized spacial score (nSPS) is 12.8. The summed E-state index contributed by atoms with van der Waals surface area (Å²) < 4.78 is 18.9. The third-order valence-corrected chi connectivity index (χ3v) is 3.51. The van der Waals surface area contributed by atoms with E-state index in [1.54, 1.807) is 18.2 Å². The molecular formula is C16H13ClFNO. The maximum Gasteiger partial charge on any atom is 0.134 e. The molecule has 20 heavy (non-hydrogen) atoms. The molecule has 1 N–H and O–H groups in total. The van der Waals surface area contributed by atoms with E-state index >= 15 is 0 Å². The maximum absolute atomic E-state index is 13.0. The maximum atomic E-state index is 13.0. The number of furan rings is 1. The average Bonchev–Trinajstić information content (AvgIpc) is 2.84. The molecule has 3 rings (SSSR count). The molecule has 0 aliphatic rings. The van der Waals surface area contributed by atoms with Gasteiger partial charge in [-0.3, -0.25) is 0 Å². The predicted octanol–water partition coefficient (Wildman–Crippen LogP) is 4.53. The van der Waals surface area contributed by atoms with Crippen LogP contribution in [0.5, 0.6) is 0 Å². The minimum Gasteiger partial charge on any atom is -0.459 e. The quantitative estimate of drug-likeness (QED) is 0.766. The van der Waals surface area contributed by atoms with Gasteiger partial charge in [0.2, 0.25) is 0 Å². The van der Waals surface area contributed by atoms with Gasteiger partial charge in [0.1, 0.15) is 17.2 Å². The molecule has 4 heteroatoms. The van der Waals surface area contributed by atoms with Crippen molar-refractivity contribution in [2.75, 3.05) is 7.05 Å². The van der Waals surface area contributed by atoms with Gasteiger partial charge in [-0.05, 0) is 49.0 Å². The molecule has 0 aliphatic carbocycles. The number of fused-ring (bicyclic) bond motifs is 1. The Labute approximate surface area is 121 Å². The fraction of sp³-hybridized carbons (Fsp3) is 0.125. The van der Waals surface area contributed by atoms with Gasteiger partial charge in [-0.2, -0.15) is 0 Å². The highest BCUT2D eigenvalue weighted by atomic mass is 35.5. The lowest BCUT2D eigenvalue weighted by molar-refractivity contribution is 0.491. The van der Waals surface area contributed by atoms with E-state index in [1.165, 1.54) is 12.1 Å². The topological polar surface area (TPSA) is 25.2 Å². The molecule has 0 aliphatic heterocycles. The third kappa shape index (κ3) is 2.42. The van der Waals surface area contributed by atoms with Crippen molar-refractivity contribution >= 4 is 22.6 Å². The molecule has 1 unspecified atom stereocenters. The predicted molar refractivity (Wildman–Crippen MR) is 78.5 cm³/mol. The van der Waals surface area contributed by atoms with Gasteiger partial charge >= 0.3 is 0 Å². The Morgan fingerprint density at radius 2 is 1.85 bits per heavy atom. The fourth-order valence-electron chi connectivity index (χ4n) is 2.31. The summed E-state index contributed by atoms with van der Waals surface area (Å²) in [5, 5.41) is 4.81. The molecule has 0 fully saturated rings. The van der Waals surface area contributed by atoms with E-state index in [0.29, 0.717) is 5.02 Å². The van der Waals surface area contributed by atoms with Crippen molar-refractivity contribution in [1.29, 1.82) is 0 Å². The Bertz CT molecular complexity index is 736. The van der Waals surface area contributed by atoms with Crippen LogP contribution in [0.1, 0.15) is 17.4 Å². The first kappa shape index (κ1) is 13.2. The van der Waals surface area contributed by atoms with Crippen LogP contribution in [-0.4, -0.2) is 7.05 Å². The van der Waals surface area contributed by atoms with Crippen LogP contribution < -0.4 is 5.32 Å². The first-order valence-electron chi connectivity index (χ1n) is 6.29. The van der Waals surface area contributed by atoms with Crippen LogP contribution in [0.25, 0.3) is 11.0 Å². The first-order chi connectivity index (χ1) is 9.67. The van der Waals surface area contributed by atoms with Gasteiger partial charge in [0, 0.05) is 10.4 Å². The van der Waals surface area contributed by atoms with Gasteiger partial charge in [0.25, 0.3) is 0 Å². The average molecular weight is 290 g/mol. The van der Waals surface area contributed by atoms with Crippen LogP contribution in [0, 0.1) is 5.82 Å². The highest BCUT2D eigenvalue weighted by Gasteiger charge is 2.16. The summed E-state index contributed by atoms with van der Waals surface area (Å²) in [6.45, 7) is 0. The minimum atomic E-state index is -0.250. The van der Waals surface area contributed by atoms with E-state index in [-0.39, 0.29) is 11.9 Å². The Hall–Kier alpha value is -1.84. The molecule has 0 saturated carbocycles. The lowest BCUT2D eigenvalue weighted by atomic mass is 10.0. The SMILES string of the molecule is CNC(c1ccc(F)cc1)c1cc2cc(Cl)ccc2o1. The second-order valence-electron chi connectivity index (χ2n) is 4.60. The summed E-state index contributed by atoms with van der Waals surface area (Å²) in [5.41, 5.74) is 1.73. The third-order valence-electron chi connectivity index (χ3n) is 3.27. The number of hydrogen-bond acceptors (Lipinski definition) is 2. The van der Waals surface area contributed by atoms with Crippen LogP contribution >= 0.6 is 11.6 Å². The van der Waals surface area contributed by atoms with Crippen molar-refractivity contribution in [1.82, 2.24) is 5.32 Å². The minimum absolute atomic E-state index is 0.123. The molecule has 102 valence electrons. The Morgan fingerprint density at radius 1 is 1.10 bits per heavy atom. The number of hydrogen-bond donors (Lipinski definition) is 1. The second-order valence-corrected chi connectivity index (χ2v) is 5.04. The molecule has 0 bridgehead atoms. The van der Waals surface area contributed by atoms with Crippen molar-refractivity contribution in [2.24, 2.45) is 0 Å². The molecule has 0 amide bonds. The van der Waals surface area contributed by atoms with Crippen LogP contribution in [0.2, 0.25) is 5.02 Å². The van der Waals surface area contributed by atoms with Crippen LogP contribution in [0.4, 0.5) is 4.39 Å². The highest BCUT2D eigenvalue weighted by Crippen LogP contribution is 2.29. The summed E-state index contributed by atoms with van der Waals surface area (Å²) in [7, 11) is 1.84. The van der Waals surface area contributed by atoms with Gasteiger partial charge < -0.3 is 9.73 Å². The monoisotopic (exact) mass is 289 g/mol. The van der Waals surface area contributed by atoms with Crippen molar-refractivity contribution < 1.29 is 8.81 Å². The molecule has 3 aromatic rings. The zero-order valence-electron chi connectivity index (χ0n) is 10.9. The van der Waals surface area contributed by atoms with Gasteiger partial charge in [-0.25, -0.2) is 4.39 Å². The number of rotatable bonds is 3. The van der Waals surface area contributed by atoms with E-state index in [0.717, 1.165) is 22.3 Å². The Kier molecular flexibility index (Phi) is 3.47. The van der Waals surface area contributed by atoms with E-state index in [4.69, 9.17) is 16.0 Å². The molecule has 1 aromatic heterocycles. The van der Waals surface area contributed by atoms with Crippen molar-refractivity contribution in [3.8, 4) is 0 Å². The van der Waals surface area contributed by atoms with E-state index in [2.05, 4.69) is 5.32 Å². The van der Waals surface area contributed by atoms with Crippen LogP contribution in [-0.2, 0) is 0 Å². The Morgan fingerprint density at radius 3 is 2.55 bits per heavy atom. The summed E-state index contributed by atoms with van der Waals surface area (Å²) in [5.74, 6) is 0.524. The molecule has 0 radical (unpaired) electrons. The first-order valence-corrected chi connectivity index (χ1v) is 6.67. The number of nitrogens with one attached hydrogen (secondary N) is 1. The van der Waals surface area contributed by atoms with Gasteiger partial charge in [-0.15, -0.1) is 0 Å². The molecule has 0 spiro atoms. The van der Waals surface area contributed by atoms with Crippen LogP contribution in [0.15, 0.2) is 52.9 Å². The zero-order chi connectivity index (χ0) is 14.1. The molecule has 2 nitrogen and oxygen atoms in total. The lowest BCUT2D eigenvalue weighted by Gasteiger charge is -2.13. The van der Waals surface area contributed by atoms with Crippen LogP contribution in [0.3, 0.4) is 0 Å². The highest BCUT2D eigenvalue weighted by molar-refractivity contribution is 6.31. The zero-order valence-corrected chi connectivity index (χ0v) is 11.6. The summed E-state index contributed by atoms with van der Waals surface area (Å²) in [6, 6.07) is 13.7. The summed E-state index contributed by atoms with van der Waals surface area (Å²) >= 11 is 5.98. The lowest BCUT2D eigenvalue weighted by Crippen LogP contribution is -2.16. The van der Waals surface area contributed by atoms with Gasteiger partial charge in [-0.1, -0.05) is 23.7 Å². The molecule has 2 aromatic carbocycles. The molecule has 1 atom stereocenters. The largest absolute Gasteiger partial charge is 0.459 e. The Balaban J connectivity index is 2.04. The second kappa shape index (κ2) is 5.27. The fourth-order valence-corrected chi connectivity index (χ4v) is 2.49.